The van der Waals surface area contributed by atoms with Crippen molar-refractivity contribution in [2.45, 2.75) is 16.2 Å². The Bertz CT molecular complexity index is 1300. The van der Waals surface area contributed by atoms with E-state index in [4.69, 9.17) is 11.6 Å². The van der Waals surface area contributed by atoms with Crippen LogP contribution in [0.25, 0.3) is 0 Å². The Labute approximate surface area is 205 Å². The van der Waals surface area contributed by atoms with Crippen LogP contribution in [0.3, 0.4) is 0 Å². The number of hydrogen-bond donors (Lipinski definition) is 3. The number of rotatable bonds is 7. The van der Waals surface area contributed by atoms with E-state index in [1.165, 1.54) is 5.01 Å². The predicted octanol–water partition coefficient (Wildman–Crippen LogP) is 4.93. The molecule has 3 aromatic carbocycles. The first-order chi connectivity index (χ1) is 16.6. The molecule has 0 radical (unpaired) electrons. The molecule has 1 aliphatic heterocycles. The number of halogens is 1. The van der Waals surface area contributed by atoms with Gasteiger partial charge in [0, 0.05) is 16.8 Å². The SMILES string of the molecule is O=C1NN(C(c2ccccc2)c2ccc(Nc3cn[nH]c3)cc2)C(=O)C1Sc1ccccc1Cl. The fourth-order valence-corrected chi connectivity index (χ4v) is 5.03. The summed E-state index contributed by atoms with van der Waals surface area (Å²) >= 11 is 7.42. The normalized spacial score (nSPS) is 16.4. The van der Waals surface area contributed by atoms with Crippen LogP contribution in [0, 0.1) is 0 Å². The van der Waals surface area contributed by atoms with Gasteiger partial charge in [0.25, 0.3) is 11.8 Å². The molecule has 4 aromatic rings. The van der Waals surface area contributed by atoms with Gasteiger partial charge in [0.05, 0.1) is 16.9 Å². The first-order valence-electron chi connectivity index (χ1n) is 10.6. The van der Waals surface area contributed by atoms with Crippen LogP contribution in [0.5, 0.6) is 0 Å². The number of hydrazine groups is 1. The highest BCUT2D eigenvalue weighted by atomic mass is 35.5. The van der Waals surface area contributed by atoms with Gasteiger partial charge >= 0.3 is 0 Å². The van der Waals surface area contributed by atoms with Crippen LogP contribution < -0.4 is 10.7 Å². The topological polar surface area (TPSA) is 90.1 Å². The Morgan fingerprint density at radius 1 is 0.912 bits per heavy atom. The number of amides is 2. The summed E-state index contributed by atoms with van der Waals surface area (Å²) in [5, 5.41) is 11.0. The maximum Gasteiger partial charge on any atom is 0.265 e. The molecular weight excluding hydrogens is 470 g/mol. The summed E-state index contributed by atoms with van der Waals surface area (Å²) in [5.74, 6) is -0.682. The molecule has 1 aromatic heterocycles. The molecule has 2 unspecified atom stereocenters. The Kier molecular flexibility index (Phi) is 6.24. The number of aromatic nitrogens is 2. The van der Waals surface area contributed by atoms with Crippen molar-refractivity contribution in [1.82, 2.24) is 20.6 Å². The molecule has 0 aliphatic carbocycles. The first kappa shape index (κ1) is 22.1. The number of anilines is 2. The standard InChI is InChI=1S/C25H20ClN5O2S/c26-20-8-4-5-9-21(20)34-23-24(32)30-31(25(23)33)22(16-6-2-1-3-7-16)17-10-12-18(13-11-17)29-19-14-27-28-15-19/h1-15,22-23,29H,(H,27,28)(H,30,32). The van der Waals surface area contributed by atoms with Crippen molar-refractivity contribution < 1.29 is 9.59 Å². The smallest absolute Gasteiger partial charge is 0.265 e. The Hall–Kier alpha value is -3.75. The summed E-state index contributed by atoms with van der Waals surface area (Å²) in [6.45, 7) is 0. The van der Waals surface area contributed by atoms with E-state index in [1.807, 2.05) is 66.7 Å². The van der Waals surface area contributed by atoms with Crippen LogP contribution in [-0.2, 0) is 9.59 Å². The molecule has 1 aliphatic rings. The van der Waals surface area contributed by atoms with E-state index in [-0.39, 0.29) is 11.8 Å². The van der Waals surface area contributed by atoms with Crippen LogP contribution in [0.2, 0.25) is 5.02 Å². The molecule has 0 spiro atoms. The minimum atomic E-state index is -0.923. The quantitative estimate of drug-likeness (QED) is 0.320. The maximum atomic E-state index is 13.5. The van der Waals surface area contributed by atoms with Crippen molar-refractivity contribution in [2.24, 2.45) is 0 Å². The third kappa shape index (κ3) is 4.50. The van der Waals surface area contributed by atoms with Crippen LogP contribution in [0.15, 0.2) is 96.2 Å². The zero-order valence-corrected chi connectivity index (χ0v) is 19.4. The van der Waals surface area contributed by atoms with Gasteiger partial charge in [0.2, 0.25) is 0 Å². The molecule has 1 fully saturated rings. The van der Waals surface area contributed by atoms with E-state index >= 15 is 0 Å². The average molecular weight is 490 g/mol. The molecule has 2 amide bonds. The zero-order valence-electron chi connectivity index (χ0n) is 17.8. The van der Waals surface area contributed by atoms with Gasteiger partial charge in [0.1, 0.15) is 6.04 Å². The number of benzene rings is 3. The van der Waals surface area contributed by atoms with Crippen molar-refractivity contribution in [2.75, 3.05) is 5.32 Å². The summed E-state index contributed by atoms with van der Waals surface area (Å²) in [6.07, 6.45) is 3.45. The van der Waals surface area contributed by atoms with Gasteiger partial charge < -0.3 is 5.32 Å². The number of nitrogens with one attached hydrogen (secondary N) is 3. The lowest BCUT2D eigenvalue weighted by molar-refractivity contribution is -0.131. The third-order valence-electron chi connectivity index (χ3n) is 5.40. The lowest BCUT2D eigenvalue weighted by atomic mass is 9.98. The first-order valence-corrected chi connectivity index (χ1v) is 11.8. The molecule has 9 heteroatoms. The van der Waals surface area contributed by atoms with E-state index < -0.39 is 11.3 Å². The molecule has 170 valence electrons. The van der Waals surface area contributed by atoms with Crippen LogP contribution in [0.4, 0.5) is 11.4 Å². The van der Waals surface area contributed by atoms with Crippen molar-refractivity contribution in [1.29, 1.82) is 0 Å². The summed E-state index contributed by atoms with van der Waals surface area (Å²) in [6, 6.07) is 24.0. The van der Waals surface area contributed by atoms with Gasteiger partial charge in [-0.25, -0.2) is 5.01 Å². The minimum Gasteiger partial charge on any atom is -0.353 e. The Morgan fingerprint density at radius 3 is 2.32 bits per heavy atom. The van der Waals surface area contributed by atoms with Crippen molar-refractivity contribution >= 4 is 46.6 Å². The largest absolute Gasteiger partial charge is 0.353 e. The molecule has 5 rings (SSSR count). The Morgan fingerprint density at radius 2 is 1.62 bits per heavy atom. The zero-order chi connectivity index (χ0) is 23.5. The van der Waals surface area contributed by atoms with Crippen molar-refractivity contribution in [3.8, 4) is 0 Å². The summed E-state index contributed by atoms with van der Waals surface area (Å²) in [4.78, 5) is 27.0. The second-order valence-corrected chi connectivity index (χ2v) is 9.21. The number of thioether (sulfide) groups is 1. The lowest BCUT2D eigenvalue weighted by Crippen LogP contribution is -2.39. The van der Waals surface area contributed by atoms with E-state index in [2.05, 4.69) is 20.9 Å². The van der Waals surface area contributed by atoms with Crippen molar-refractivity contribution in [3.63, 3.8) is 0 Å². The van der Waals surface area contributed by atoms with Gasteiger partial charge in [-0.2, -0.15) is 5.10 Å². The highest BCUT2D eigenvalue weighted by Gasteiger charge is 2.44. The van der Waals surface area contributed by atoms with E-state index in [0.717, 1.165) is 34.3 Å². The number of carbonyl (C=O) groups is 2. The van der Waals surface area contributed by atoms with Gasteiger partial charge in [-0.15, -0.1) is 11.8 Å². The molecule has 2 heterocycles. The molecule has 34 heavy (non-hydrogen) atoms. The van der Waals surface area contributed by atoms with E-state index in [0.29, 0.717) is 9.92 Å². The fourth-order valence-electron chi connectivity index (χ4n) is 3.79. The molecule has 3 N–H and O–H groups in total. The Balaban J connectivity index is 1.44. The summed E-state index contributed by atoms with van der Waals surface area (Å²) in [5.41, 5.74) is 6.26. The van der Waals surface area contributed by atoms with Crippen LogP contribution in [-0.4, -0.2) is 32.3 Å². The number of carbonyl (C=O) groups excluding carboxylic acids is 2. The monoisotopic (exact) mass is 489 g/mol. The lowest BCUT2D eigenvalue weighted by Gasteiger charge is -2.28. The number of hydrogen-bond acceptors (Lipinski definition) is 5. The number of nitrogens with zero attached hydrogens (tertiary/aromatic N) is 2. The number of aromatic amines is 1. The summed E-state index contributed by atoms with van der Waals surface area (Å²) < 4.78 is 0. The molecular formula is C25H20ClN5O2S. The molecule has 1 saturated heterocycles. The third-order valence-corrected chi connectivity index (χ3v) is 7.10. The second-order valence-electron chi connectivity index (χ2n) is 7.66. The fraction of sp³-hybridized carbons (Fsp3) is 0.0800. The van der Waals surface area contributed by atoms with E-state index in [9.17, 15) is 9.59 Å². The highest BCUT2D eigenvalue weighted by molar-refractivity contribution is 8.01. The summed E-state index contributed by atoms with van der Waals surface area (Å²) in [7, 11) is 0. The number of H-pyrrole nitrogens is 1. The maximum absolute atomic E-state index is 13.5. The van der Waals surface area contributed by atoms with Crippen molar-refractivity contribution in [3.05, 3.63) is 107 Å². The second kappa shape index (κ2) is 9.62. The van der Waals surface area contributed by atoms with Gasteiger partial charge in [0.15, 0.2) is 5.25 Å². The van der Waals surface area contributed by atoms with Gasteiger partial charge in [-0.05, 0) is 35.4 Å². The highest BCUT2D eigenvalue weighted by Crippen LogP contribution is 2.37. The predicted molar refractivity (Wildman–Crippen MR) is 133 cm³/mol. The molecule has 2 atom stereocenters. The van der Waals surface area contributed by atoms with Crippen LogP contribution >= 0.6 is 23.4 Å². The molecule has 7 nitrogen and oxygen atoms in total. The van der Waals surface area contributed by atoms with Gasteiger partial charge in [-0.3, -0.25) is 20.1 Å². The average Bonchev–Trinajstić information content (AvgIpc) is 3.46. The van der Waals surface area contributed by atoms with E-state index in [1.54, 1.807) is 24.5 Å². The molecule has 0 bridgehead atoms. The minimum absolute atomic E-state index is 0.315. The molecule has 0 saturated carbocycles. The van der Waals surface area contributed by atoms with Gasteiger partial charge in [-0.1, -0.05) is 66.2 Å². The van der Waals surface area contributed by atoms with Crippen LogP contribution in [0.1, 0.15) is 17.2 Å².